The fourth-order valence-electron chi connectivity index (χ4n) is 2.16. The van der Waals surface area contributed by atoms with E-state index in [1.54, 1.807) is 6.92 Å². The van der Waals surface area contributed by atoms with Gasteiger partial charge in [-0.05, 0) is 26.2 Å². The van der Waals surface area contributed by atoms with Crippen LogP contribution in [0.5, 0.6) is 0 Å². The highest BCUT2D eigenvalue weighted by atomic mass is 16.4. The number of carbonyl (C=O) groups is 1. The maximum absolute atomic E-state index is 11.8. The van der Waals surface area contributed by atoms with Gasteiger partial charge in [-0.15, -0.1) is 0 Å². The van der Waals surface area contributed by atoms with Gasteiger partial charge in [-0.25, -0.2) is 0 Å². The summed E-state index contributed by atoms with van der Waals surface area (Å²) in [6, 6.07) is -1.06. The molecule has 1 aliphatic rings. The van der Waals surface area contributed by atoms with E-state index in [0.717, 1.165) is 6.42 Å². The average molecular weight is 230 g/mol. The predicted molar refractivity (Wildman–Crippen MR) is 59.2 cm³/mol. The zero-order chi connectivity index (χ0) is 12.3. The van der Waals surface area contributed by atoms with Gasteiger partial charge in [0.2, 0.25) is 5.91 Å². The lowest BCUT2D eigenvalue weighted by atomic mass is 9.72. The Kier molecular flexibility index (Phi) is 4.73. The Morgan fingerprint density at radius 2 is 2.19 bits per heavy atom. The van der Waals surface area contributed by atoms with E-state index >= 15 is 0 Å². The number of aliphatic hydroxyl groups excluding tert-OH is 1. The molecule has 0 spiro atoms. The number of amides is 1. The number of piperidine rings is 1. The highest BCUT2D eigenvalue weighted by Gasteiger charge is 2.40. The molecule has 0 aliphatic carbocycles. The van der Waals surface area contributed by atoms with Crippen molar-refractivity contribution in [3.8, 4) is 0 Å². The molecule has 0 aromatic rings. The quantitative estimate of drug-likeness (QED) is 0.423. The lowest BCUT2D eigenvalue weighted by molar-refractivity contribution is -0.139. The van der Waals surface area contributed by atoms with Crippen LogP contribution in [0.4, 0.5) is 0 Å². The van der Waals surface area contributed by atoms with E-state index < -0.39 is 19.1 Å². The molecule has 1 fully saturated rings. The molecule has 6 nitrogen and oxygen atoms in total. The fourth-order valence-corrected chi connectivity index (χ4v) is 2.16. The van der Waals surface area contributed by atoms with Gasteiger partial charge in [-0.3, -0.25) is 4.79 Å². The monoisotopic (exact) mass is 230 g/mol. The first-order valence-electron chi connectivity index (χ1n) is 5.53. The number of hydrogen-bond donors (Lipinski definition) is 4. The van der Waals surface area contributed by atoms with Crippen LogP contribution >= 0.6 is 0 Å². The van der Waals surface area contributed by atoms with Gasteiger partial charge >= 0.3 is 7.12 Å². The number of hydrogen-bond acceptors (Lipinski definition) is 5. The molecule has 5 N–H and O–H groups in total. The van der Waals surface area contributed by atoms with Gasteiger partial charge < -0.3 is 25.8 Å². The minimum atomic E-state index is -1.59. The maximum Gasteiger partial charge on any atom is 0.475 e. The van der Waals surface area contributed by atoms with Gasteiger partial charge in [0, 0.05) is 0 Å². The zero-order valence-corrected chi connectivity index (χ0v) is 9.41. The highest BCUT2D eigenvalue weighted by Crippen LogP contribution is 2.24. The summed E-state index contributed by atoms with van der Waals surface area (Å²) < 4.78 is 0. The maximum atomic E-state index is 11.8. The van der Waals surface area contributed by atoms with Crippen LogP contribution < -0.4 is 5.73 Å². The van der Waals surface area contributed by atoms with Crippen molar-refractivity contribution in [3.63, 3.8) is 0 Å². The first kappa shape index (κ1) is 13.4. The molecule has 0 aromatic heterocycles. The van der Waals surface area contributed by atoms with Crippen molar-refractivity contribution in [3.05, 3.63) is 0 Å². The van der Waals surface area contributed by atoms with Crippen molar-refractivity contribution >= 4 is 13.0 Å². The average Bonchev–Trinajstić information content (AvgIpc) is 2.26. The molecule has 7 heteroatoms. The Hall–Kier alpha value is -0.625. The largest absolute Gasteiger partial charge is 0.475 e. The molecule has 0 bridgehead atoms. The molecule has 1 heterocycles. The predicted octanol–water partition coefficient (Wildman–Crippen LogP) is -1.91. The van der Waals surface area contributed by atoms with E-state index in [2.05, 4.69) is 0 Å². The second-order valence-corrected chi connectivity index (χ2v) is 4.28. The Morgan fingerprint density at radius 3 is 2.62 bits per heavy atom. The molecule has 0 aromatic carbocycles. The molecule has 1 amide bonds. The lowest BCUT2D eigenvalue weighted by Gasteiger charge is -2.42. The van der Waals surface area contributed by atoms with Gasteiger partial charge in [-0.2, -0.15) is 0 Å². The standard InChI is InChI=1S/C9H19BN2O4/c1-6(11)9(14)12-7(5-13)3-2-4-8(12)10(15)16/h6-8,13,15-16H,2-5,11H2,1H3/t6-,7?,8?/m1/s1. The van der Waals surface area contributed by atoms with Gasteiger partial charge in [-0.1, -0.05) is 0 Å². The molecule has 1 rings (SSSR count). The number of likely N-dealkylation sites (tertiary alicyclic amines) is 1. The van der Waals surface area contributed by atoms with Crippen molar-refractivity contribution in [2.45, 2.75) is 44.2 Å². The topological polar surface area (TPSA) is 107 Å². The van der Waals surface area contributed by atoms with E-state index in [1.807, 2.05) is 0 Å². The summed E-state index contributed by atoms with van der Waals surface area (Å²) in [4.78, 5) is 13.2. The summed E-state index contributed by atoms with van der Waals surface area (Å²) in [6.07, 6.45) is 1.95. The lowest BCUT2D eigenvalue weighted by Crippen LogP contribution is -2.60. The van der Waals surface area contributed by atoms with Crippen LogP contribution in [-0.2, 0) is 4.79 Å². The highest BCUT2D eigenvalue weighted by molar-refractivity contribution is 6.43. The molecular formula is C9H19BN2O4. The van der Waals surface area contributed by atoms with E-state index in [9.17, 15) is 19.9 Å². The molecule has 16 heavy (non-hydrogen) atoms. The van der Waals surface area contributed by atoms with Crippen molar-refractivity contribution in [1.29, 1.82) is 0 Å². The molecule has 3 atom stereocenters. The van der Waals surface area contributed by atoms with Crippen molar-refractivity contribution in [2.24, 2.45) is 5.73 Å². The van der Waals surface area contributed by atoms with E-state index in [4.69, 9.17) is 5.73 Å². The van der Waals surface area contributed by atoms with Gasteiger partial charge in [0.25, 0.3) is 0 Å². The van der Waals surface area contributed by atoms with E-state index in [-0.39, 0.29) is 18.6 Å². The number of nitrogens with two attached hydrogens (primary N) is 1. The van der Waals surface area contributed by atoms with Crippen molar-refractivity contribution < 1.29 is 19.9 Å². The SMILES string of the molecule is C[C@@H](N)C(=O)N1C(CO)CCCC1B(O)O. The number of rotatable bonds is 3. The Labute approximate surface area is 95.2 Å². The first-order chi connectivity index (χ1) is 7.49. The summed E-state index contributed by atoms with van der Waals surface area (Å²) in [5.74, 6) is -1.01. The van der Waals surface area contributed by atoms with E-state index in [1.165, 1.54) is 4.90 Å². The third-order valence-electron chi connectivity index (χ3n) is 2.99. The second kappa shape index (κ2) is 5.63. The van der Waals surface area contributed by atoms with Crippen LogP contribution in [-0.4, -0.2) is 57.7 Å². The molecule has 1 aliphatic heterocycles. The van der Waals surface area contributed by atoms with Gasteiger partial charge in [0.15, 0.2) is 0 Å². The van der Waals surface area contributed by atoms with Crippen LogP contribution in [0.1, 0.15) is 26.2 Å². The van der Waals surface area contributed by atoms with Crippen LogP contribution in [0, 0.1) is 0 Å². The Bertz CT molecular complexity index is 250. The zero-order valence-electron chi connectivity index (χ0n) is 9.41. The number of aliphatic hydroxyl groups is 1. The third-order valence-corrected chi connectivity index (χ3v) is 2.99. The van der Waals surface area contributed by atoms with Crippen molar-refractivity contribution in [1.82, 2.24) is 4.90 Å². The Balaban J connectivity index is 2.87. The van der Waals surface area contributed by atoms with Gasteiger partial charge in [0.05, 0.1) is 24.6 Å². The van der Waals surface area contributed by atoms with Gasteiger partial charge in [0.1, 0.15) is 0 Å². The number of nitrogens with zero attached hydrogens (tertiary/aromatic N) is 1. The summed E-state index contributed by atoms with van der Waals surface area (Å²) in [6.45, 7) is 1.37. The van der Waals surface area contributed by atoms with Crippen molar-refractivity contribution in [2.75, 3.05) is 6.61 Å². The smallest absolute Gasteiger partial charge is 0.426 e. The third kappa shape index (κ3) is 2.73. The molecule has 92 valence electrons. The molecule has 0 saturated carbocycles. The summed E-state index contributed by atoms with van der Waals surface area (Å²) in [5.41, 5.74) is 5.51. The summed E-state index contributed by atoms with van der Waals surface area (Å²) >= 11 is 0. The minimum absolute atomic E-state index is 0.179. The molecular weight excluding hydrogens is 211 g/mol. The number of carbonyl (C=O) groups excluding carboxylic acids is 1. The van der Waals surface area contributed by atoms with Crippen LogP contribution in [0.3, 0.4) is 0 Å². The van der Waals surface area contributed by atoms with E-state index in [0.29, 0.717) is 12.8 Å². The summed E-state index contributed by atoms with van der Waals surface area (Å²) in [5, 5.41) is 27.7. The van der Waals surface area contributed by atoms with Crippen LogP contribution in [0.2, 0.25) is 0 Å². The normalized spacial score (nSPS) is 27.7. The molecule has 2 unspecified atom stereocenters. The summed E-state index contributed by atoms with van der Waals surface area (Å²) in [7, 11) is -1.59. The minimum Gasteiger partial charge on any atom is -0.426 e. The van der Waals surface area contributed by atoms with Crippen LogP contribution in [0.25, 0.3) is 0 Å². The molecule has 1 saturated heterocycles. The second-order valence-electron chi connectivity index (χ2n) is 4.28. The van der Waals surface area contributed by atoms with Crippen LogP contribution in [0.15, 0.2) is 0 Å². The first-order valence-corrected chi connectivity index (χ1v) is 5.53. The Morgan fingerprint density at radius 1 is 1.56 bits per heavy atom. The fraction of sp³-hybridized carbons (Fsp3) is 0.889. The molecule has 0 radical (unpaired) electrons.